The first-order chi connectivity index (χ1) is 11.6. The Labute approximate surface area is 141 Å². The van der Waals surface area contributed by atoms with Crippen LogP contribution >= 0.6 is 0 Å². The summed E-state index contributed by atoms with van der Waals surface area (Å²) in [6.45, 7) is 6.64. The van der Waals surface area contributed by atoms with E-state index >= 15 is 0 Å². The Kier molecular flexibility index (Phi) is 4.83. The number of amides is 2. The van der Waals surface area contributed by atoms with Crippen LogP contribution in [-0.4, -0.2) is 45.9 Å². The maximum absolute atomic E-state index is 12.3. The Morgan fingerprint density at radius 3 is 2.79 bits per heavy atom. The minimum Gasteiger partial charge on any atom is -0.355 e. The Balaban J connectivity index is 1.59. The van der Waals surface area contributed by atoms with Gasteiger partial charge >= 0.3 is 0 Å². The molecule has 0 radical (unpaired) electrons. The van der Waals surface area contributed by atoms with Crippen molar-refractivity contribution in [3.63, 3.8) is 0 Å². The molecule has 0 spiro atoms. The lowest BCUT2D eigenvalue weighted by Gasteiger charge is -2.13. The lowest BCUT2D eigenvalue weighted by Crippen LogP contribution is -2.34. The number of benzene rings is 1. The predicted molar refractivity (Wildman–Crippen MR) is 92.5 cm³/mol. The normalized spacial score (nSPS) is 17.7. The van der Waals surface area contributed by atoms with Gasteiger partial charge in [0.1, 0.15) is 5.82 Å². The molecule has 1 unspecified atom stereocenters. The molecular weight excluding hydrogens is 304 g/mol. The number of likely N-dealkylation sites (tertiary alicyclic amines) is 1. The molecular formula is C18H24N4O2. The maximum Gasteiger partial charge on any atom is 0.225 e. The highest BCUT2D eigenvalue weighted by Gasteiger charge is 2.33. The molecule has 6 heteroatoms. The van der Waals surface area contributed by atoms with Crippen LogP contribution in [0.3, 0.4) is 0 Å². The summed E-state index contributed by atoms with van der Waals surface area (Å²) in [5.41, 5.74) is 2.11. The molecule has 1 N–H and O–H groups in total. The molecule has 1 aliphatic heterocycles. The minimum atomic E-state index is -0.220. The van der Waals surface area contributed by atoms with E-state index in [4.69, 9.17) is 0 Å². The van der Waals surface area contributed by atoms with Gasteiger partial charge in [-0.1, -0.05) is 12.1 Å². The van der Waals surface area contributed by atoms with Crippen molar-refractivity contribution in [2.75, 3.05) is 19.6 Å². The van der Waals surface area contributed by atoms with Gasteiger partial charge in [-0.15, -0.1) is 0 Å². The van der Waals surface area contributed by atoms with Gasteiger partial charge < -0.3 is 14.8 Å². The van der Waals surface area contributed by atoms with Gasteiger partial charge in [-0.3, -0.25) is 9.59 Å². The lowest BCUT2D eigenvalue weighted by molar-refractivity contribution is -0.128. The van der Waals surface area contributed by atoms with Gasteiger partial charge in [0.2, 0.25) is 11.8 Å². The molecule has 0 saturated carbocycles. The summed E-state index contributed by atoms with van der Waals surface area (Å²) in [6.07, 6.45) is 1.01. The van der Waals surface area contributed by atoms with Crippen molar-refractivity contribution < 1.29 is 9.59 Å². The summed E-state index contributed by atoms with van der Waals surface area (Å²) in [6, 6.07) is 8.07. The third-order valence-corrected chi connectivity index (χ3v) is 4.66. The van der Waals surface area contributed by atoms with Crippen molar-refractivity contribution in [3.05, 3.63) is 30.1 Å². The molecule has 0 bridgehead atoms. The lowest BCUT2D eigenvalue weighted by atomic mass is 10.1. The van der Waals surface area contributed by atoms with Gasteiger partial charge in [0.25, 0.3) is 0 Å². The molecule has 24 heavy (non-hydrogen) atoms. The fourth-order valence-corrected chi connectivity index (χ4v) is 3.36. The highest BCUT2D eigenvalue weighted by molar-refractivity contribution is 5.89. The third-order valence-electron chi connectivity index (χ3n) is 4.66. The first kappa shape index (κ1) is 16.5. The molecule has 1 aliphatic rings. The first-order valence-corrected chi connectivity index (χ1v) is 8.63. The van der Waals surface area contributed by atoms with Crippen LogP contribution in [0, 0.1) is 5.92 Å². The van der Waals surface area contributed by atoms with Crippen LogP contribution in [0.4, 0.5) is 0 Å². The average Bonchev–Trinajstić information content (AvgIpc) is 3.14. The molecule has 1 aromatic heterocycles. The number of aryl methyl sites for hydroxylation is 1. The first-order valence-electron chi connectivity index (χ1n) is 8.63. The minimum absolute atomic E-state index is 0.0292. The highest BCUT2D eigenvalue weighted by Crippen LogP contribution is 2.18. The molecule has 2 amide bonds. The molecule has 2 aromatic rings. The highest BCUT2D eigenvalue weighted by atomic mass is 16.2. The second-order valence-corrected chi connectivity index (χ2v) is 6.14. The van der Waals surface area contributed by atoms with Crippen LogP contribution in [0.5, 0.6) is 0 Å². The molecule has 1 aromatic carbocycles. The van der Waals surface area contributed by atoms with Crippen LogP contribution < -0.4 is 5.32 Å². The zero-order valence-corrected chi connectivity index (χ0v) is 14.3. The number of nitrogens with one attached hydrogen (secondary N) is 1. The van der Waals surface area contributed by atoms with E-state index in [1.807, 2.05) is 25.1 Å². The SMILES string of the molecule is CCN1CC(C(=O)NCCc2nc3ccccc3n2CC)CC1=O. The fourth-order valence-electron chi connectivity index (χ4n) is 3.36. The quantitative estimate of drug-likeness (QED) is 0.875. The number of rotatable bonds is 6. The van der Waals surface area contributed by atoms with Crippen molar-refractivity contribution >= 4 is 22.8 Å². The van der Waals surface area contributed by atoms with E-state index in [0.29, 0.717) is 32.5 Å². The van der Waals surface area contributed by atoms with E-state index in [1.165, 1.54) is 0 Å². The van der Waals surface area contributed by atoms with Crippen LogP contribution in [0.15, 0.2) is 24.3 Å². The molecule has 1 fully saturated rings. The van der Waals surface area contributed by atoms with Crippen LogP contribution in [0.1, 0.15) is 26.1 Å². The van der Waals surface area contributed by atoms with Crippen LogP contribution in [0.25, 0.3) is 11.0 Å². The van der Waals surface area contributed by atoms with E-state index < -0.39 is 0 Å². The number of carbonyl (C=O) groups is 2. The monoisotopic (exact) mass is 328 g/mol. The summed E-state index contributed by atoms with van der Waals surface area (Å²) < 4.78 is 2.18. The summed E-state index contributed by atoms with van der Waals surface area (Å²) in [4.78, 5) is 30.4. The molecule has 128 valence electrons. The topological polar surface area (TPSA) is 67.2 Å². The average molecular weight is 328 g/mol. The Hall–Kier alpha value is -2.37. The number of para-hydroxylation sites is 2. The number of fused-ring (bicyclic) bond motifs is 1. The van der Waals surface area contributed by atoms with Crippen molar-refractivity contribution in [2.45, 2.75) is 33.2 Å². The van der Waals surface area contributed by atoms with E-state index in [-0.39, 0.29) is 17.7 Å². The van der Waals surface area contributed by atoms with Crippen LogP contribution in [0.2, 0.25) is 0 Å². The second kappa shape index (κ2) is 7.03. The van der Waals surface area contributed by atoms with Crippen molar-refractivity contribution in [3.8, 4) is 0 Å². The number of nitrogens with zero attached hydrogens (tertiary/aromatic N) is 3. The summed E-state index contributed by atoms with van der Waals surface area (Å²) in [5, 5.41) is 2.96. The van der Waals surface area contributed by atoms with E-state index in [1.54, 1.807) is 4.90 Å². The smallest absolute Gasteiger partial charge is 0.225 e. The Morgan fingerprint density at radius 2 is 2.08 bits per heavy atom. The second-order valence-electron chi connectivity index (χ2n) is 6.14. The third kappa shape index (κ3) is 3.13. The molecule has 2 heterocycles. The summed E-state index contributed by atoms with van der Waals surface area (Å²) in [7, 11) is 0. The van der Waals surface area contributed by atoms with Crippen molar-refractivity contribution in [2.24, 2.45) is 5.92 Å². The zero-order valence-electron chi connectivity index (χ0n) is 14.3. The number of hydrogen-bond donors (Lipinski definition) is 1. The van der Waals surface area contributed by atoms with Gasteiger partial charge in [0.15, 0.2) is 0 Å². The zero-order chi connectivity index (χ0) is 17.1. The Bertz CT molecular complexity index is 753. The Morgan fingerprint density at radius 1 is 1.29 bits per heavy atom. The van der Waals surface area contributed by atoms with E-state index in [9.17, 15) is 9.59 Å². The molecule has 3 rings (SSSR count). The van der Waals surface area contributed by atoms with Gasteiger partial charge in [-0.25, -0.2) is 4.98 Å². The van der Waals surface area contributed by atoms with Gasteiger partial charge in [0, 0.05) is 39.0 Å². The number of carbonyl (C=O) groups excluding carboxylic acids is 2. The van der Waals surface area contributed by atoms with E-state index in [2.05, 4.69) is 27.9 Å². The van der Waals surface area contributed by atoms with Crippen molar-refractivity contribution in [1.29, 1.82) is 0 Å². The number of aromatic nitrogens is 2. The van der Waals surface area contributed by atoms with Crippen LogP contribution in [-0.2, 0) is 22.6 Å². The van der Waals surface area contributed by atoms with E-state index in [0.717, 1.165) is 23.4 Å². The van der Waals surface area contributed by atoms with Gasteiger partial charge in [-0.2, -0.15) is 0 Å². The number of hydrogen-bond acceptors (Lipinski definition) is 3. The summed E-state index contributed by atoms with van der Waals surface area (Å²) >= 11 is 0. The maximum atomic E-state index is 12.3. The van der Waals surface area contributed by atoms with Gasteiger partial charge in [-0.05, 0) is 26.0 Å². The standard InChI is InChI=1S/C18H24N4O2/c1-3-21-12-13(11-17(21)23)18(24)19-10-9-16-20-14-7-5-6-8-15(14)22(16)4-2/h5-8,13H,3-4,9-12H2,1-2H3,(H,19,24). The number of imidazole rings is 1. The molecule has 6 nitrogen and oxygen atoms in total. The largest absolute Gasteiger partial charge is 0.355 e. The summed E-state index contributed by atoms with van der Waals surface area (Å²) in [5.74, 6) is 0.808. The van der Waals surface area contributed by atoms with Gasteiger partial charge in [0.05, 0.1) is 17.0 Å². The molecule has 0 aliphatic carbocycles. The fraction of sp³-hybridized carbons (Fsp3) is 0.500. The molecule has 1 atom stereocenters. The molecule has 1 saturated heterocycles. The predicted octanol–water partition coefficient (Wildman–Crippen LogP) is 1.58. The van der Waals surface area contributed by atoms with Crippen molar-refractivity contribution in [1.82, 2.24) is 19.8 Å².